The van der Waals surface area contributed by atoms with Gasteiger partial charge in [0.1, 0.15) is 0 Å². The topological polar surface area (TPSA) is 78.8 Å². The number of rotatable bonds is 9. The van der Waals surface area contributed by atoms with E-state index in [2.05, 4.69) is 5.32 Å². The van der Waals surface area contributed by atoms with E-state index < -0.39 is 18.0 Å². The summed E-state index contributed by atoms with van der Waals surface area (Å²) >= 11 is 0. The van der Waals surface area contributed by atoms with Gasteiger partial charge >= 0.3 is 5.97 Å². The van der Waals surface area contributed by atoms with Gasteiger partial charge in [-0.05, 0) is 31.0 Å². The molecular formula is C15H23NO4. The van der Waals surface area contributed by atoms with Crippen LogP contribution in [0.1, 0.15) is 30.4 Å². The number of carboxylic acids is 1. The molecule has 0 amide bonds. The maximum Gasteiger partial charge on any atom is 0.310 e. The second-order valence-corrected chi connectivity index (χ2v) is 4.88. The summed E-state index contributed by atoms with van der Waals surface area (Å²) in [7, 11) is 1.57. The van der Waals surface area contributed by atoms with Crippen LogP contribution in [0.2, 0.25) is 0 Å². The summed E-state index contributed by atoms with van der Waals surface area (Å²) in [5.74, 6) is -1.30. The second-order valence-electron chi connectivity index (χ2n) is 4.88. The van der Waals surface area contributed by atoms with Crippen molar-refractivity contribution < 1.29 is 19.7 Å². The zero-order valence-electron chi connectivity index (χ0n) is 12.0. The molecule has 2 atom stereocenters. The Morgan fingerprint density at radius 2 is 2.00 bits per heavy atom. The van der Waals surface area contributed by atoms with E-state index in [1.807, 2.05) is 24.3 Å². The highest BCUT2D eigenvalue weighted by molar-refractivity contribution is 5.75. The molecule has 3 N–H and O–H groups in total. The number of methoxy groups -OCH3 is 1. The third kappa shape index (κ3) is 5.69. The van der Waals surface area contributed by atoms with Crippen LogP contribution < -0.4 is 5.32 Å². The number of carboxylic acid groups (broad SMARTS) is 1. The number of nitrogens with one attached hydrogen (secondary N) is 1. The maximum absolute atomic E-state index is 10.9. The fraction of sp³-hybridized carbons (Fsp3) is 0.533. The summed E-state index contributed by atoms with van der Waals surface area (Å²) in [5, 5.41) is 21.6. The van der Waals surface area contributed by atoms with Crippen LogP contribution in [0.25, 0.3) is 0 Å². The van der Waals surface area contributed by atoms with Crippen molar-refractivity contribution in [2.45, 2.75) is 31.9 Å². The van der Waals surface area contributed by atoms with Crippen molar-refractivity contribution in [2.75, 3.05) is 20.3 Å². The summed E-state index contributed by atoms with van der Waals surface area (Å²) in [6.45, 7) is 3.43. The van der Waals surface area contributed by atoms with Gasteiger partial charge in [0.2, 0.25) is 0 Å². The normalized spacial score (nSPS) is 13.9. The van der Waals surface area contributed by atoms with Gasteiger partial charge in [-0.25, -0.2) is 0 Å². The van der Waals surface area contributed by atoms with Gasteiger partial charge in [0.25, 0.3) is 0 Å². The van der Waals surface area contributed by atoms with Crippen LogP contribution >= 0.6 is 0 Å². The van der Waals surface area contributed by atoms with Gasteiger partial charge in [-0.2, -0.15) is 0 Å². The summed E-state index contributed by atoms with van der Waals surface area (Å²) in [4.78, 5) is 10.9. The first kappa shape index (κ1) is 16.6. The van der Waals surface area contributed by atoms with Crippen LogP contribution in [0.15, 0.2) is 24.3 Å². The molecule has 0 saturated carbocycles. The molecule has 112 valence electrons. The van der Waals surface area contributed by atoms with Crippen molar-refractivity contribution in [3.63, 3.8) is 0 Å². The van der Waals surface area contributed by atoms with Crippen molar-refractivity contribution >= 4 is 5.97 Å². The Hall–Kier alpha value is -1.43. The molecule has 1 aromatic carbocycles. The van der Waals surface area contributed by atoms with Crippen LogP contribution in [0.3, 0.4) is 0 Å². The van der Waals surface area contributed by atoms with E-state index in [4.69, 9.17) is 9.84 Å². The number of hydrogen-bond donors (Lipinski definition) is 3. The van der Waals surface area contributed by atoms with E-state index in [0.29, 0.717) is 26.1 Å². The first-order chi connectivity index (χ1) is 9.54. The van der Waals surface area contributed by atoms with Gasteiger partial charge in [0.05, 0.1) is 18.6 Å². The predicted octanol–water partition coefficient (Wildman–Crippen LogP) is 1.36. The maximum atomic E-state index is 10.9. The Balaban J connectivity index is 2.33. The van der Waals surface area contributed by atoms with Crippen LogP contribution in [0.4, 0.5) is 0 Å². The van der Waals surface area contributed by atoms with Gasteiger partial charge in [-0.1, -0.05) is 24.3 Å². The Morgan fingerprint density at radius 1 is 1.35 bits per heavy atom. The number of benzene rings is 1. The summed E-state index contributed by atoms with van der Waals surface area (Å²) in [6, 6.07) is 7.53. The molecule has 5 heteroatoms. The molecule has 5 nitrogen and oxygen atoms in total. The first-order valence-electron chi connectivity index (χ1n) is 6.74. The molecule has 0 saturated heterocycles. The molecule has 0 aliphatic heterocycles. The van der Waals surface area contributed by atoms with Crippen LogP contribution in [0, 0.1) is 0 Å². The predicted molar refractivity (Wildman–Crippen MR) is 76.7 cm³/mol. The lowest BCUT2D eigenvalue weighted by molar-refractivity contribution is -0.138. The minimum Gasteiger partial charge on any atom is -0.481 e. The molecule has 20 heavy (non-hydrogen) atoms. The number of aliphatic carboxylic acids is 1. The largest absolute Gasteiger partial charge is 0.481 e. The molecule has 0 radical (unpaired) electrons. The lowest BCUT2D eigenvalue weighted by atomic mass is 10.00. The zero-order valence-corrected chi connectivity index (χ0v) is 12.0. The Labute approximate surface area is 119 Å². The summed E-state index contributed by atoms with van der Waals surface area (Å²) in [6.07, 6.45) is 0.202. The van der Waals surface area contributed by atoms with E-state index in [9.17, 15) is 9.90 Å². The van der Waals surface area contributed by atoms with Crippen LogP contribution in [0.5, 0.6) is 0 Å². The average molecular weight is 281 g/mol. The number of aliphatic hydroxyl groups is 1. The molecule has 0 bridgehead atoms. The number of carbonyl (C=O) groups is 1. The lowest BCUT2D eigenvalue weighted by Gasteiger charge is -2.11. The zero-order chi connectivity index (χ0) is 15.0. The Kier molecular flexibility index (Phi) is 7.22. The van der Waals surface area contributed by atoms with E-state index in [1.165, 1.54) is 0 Å². The molecule has 0 aliphatic rings. The van der Waals surface area contributed by atoms with E-state index in [1.54, 1.807) is 14.0 Å². The van der Waals surface area contributed by atoms with Crippen LogP contribution in [-0.2, 0) is 16.1 Å². The third-order valence-corrected chi connectivity index (χ3v) is 3.19. The minimum atomic E-state index is -0.817. The van der Waals surface area contributed by atoms with Crippen molar-refractivity contribution in [3.05, 3.63) is 35.4 Å². The highest BCUT2D eigenvalue weighted by Gasteiger charge is 2.12. The Morgan fingerprint density at radius 3 is 2.55 bits per heavy atom. The minimum absolute atomic E-state index is 0.351. The molecule has 1 rings (SSSR count). The molecule has 0 spiro atoms. The lowest BCUT2D eigenvalue weighted by Crippen LogP contribution is -2.23. The van der Waals surface area contributed by atoms with Gasteiger partial charge in [-0.3, -0.25) is 4.79 Å². The highest BCUT2D eigenvalue weighted by atomic mass is 16.5. The van der Waals surface area contributed by atoms with E-state index in [-0.39, 0.29) is 0 Å². The smallest absolute Gasteiger partial charge is 0.310 e. The fourth-order valence-electron chi connectivity index (χ4n) is 1.84. The molecule has 0 aromatic heterocycles. The van der Waals surface area contributed by atoms with Crippen molar-refractivity contribution in [1.29, 1.82) is 0 Å². The van der Waals surface area contributed by atoms with Crippen LogP contribution in [-0.4, -0.2) is 42.5 Å². The number of hydrogen-bond acceptors (Lipinski definition) is 4. The van der Waals surface area contributed by atoms with Crippen molar-refractivity contribution in [1.82, 2.24) is 5.32 Å². The first-order valence-corrected chi connectivity index (χ1v) is 6.74. The second kappa shape index (κ2) is 8.68. The average Bonchev–Trinajstić information content (AvgIpc) is 2.43. The van der Waals surface area contributed by atoms with Gasteiger partial charge in [-0.15, -0.1) is 0 Å². The molecule has 0 heterocycles. The number of ether oxygens (including phenoxy) is 1. The van der Waals surface area contributed by atoms with E-state index in [0.717, 1.165) is 11.1 Å². The fourth-order valence-corrected chi connectivity index (χ4v) is 1.84. The monoisotopic (exact) mass is 281 g/mol. The van der Waals surface area contributed by atoms with Gasteiger partial charge in [0.15, 0.2) is 0 Å². The molecule has 1 aromatic rings. The number of aliphatic hydroxyl groups excluding tert-OH is 1. The molecule has 0 aliphatic carbocycles. The SMILES string of the molecule is COCC(O)CCNCc1ccc(C(C)C(=O)O)cc1. The standard InChI is InChI=1S/C15H23NO4/c1-11(15(18)19)13-5-3-12(4-6-13)9-16-8-7-14(17)10-20-2/h3-6,11,14,16-17H,7-10H2,1-2H3,(H,18,19). The molecule has 0 fully saturated rings. The van der Waals surface area contributed by atoms with Crippen molar-refractivity contribution in [2.24, 2.45) is 0 Å². The Bertz CT molecular complexity index is 405. The third-order valence-electron chi connectivity index (χ3n) is 3.19. The van der Waals surface area contributed by atoms with Gasteiger partial charge < -0.3 is 20.3 Å². The quantitative estimate of drug-likeness (QED) is 0.596. The van der Waals surface area contributed by atoms with Crippen molar-refractivity contribution in [3.8, 4) is 0 Å². The van der Waals surface area contributed by atoms with E-state index >= 15 is 0 Å². The summed E-state index contributed by atoms with van der Waals surface area (Å²) < 4.78 is 4.85. The molecular weight excluding hydrogens is 258 g/mol. The van der Waals surface area contributed by atoms with Gasteiger partial charge in [0, 0.05) is 13.7 Å². The highest BCUT2D eigenvalue weighted by Crippen LogP contribution is 2.15. The summed E-state index contributed by atoms with van der Waals surface area (Å²) in [5.41, 5.74) is 1.89. The molecule has 2 unspecified atom stereocenters.